The standard InChI is InChI=1S/C11H12FN3/c1-7-5-8(2)15(14-7)11-4-3-9(12)6-10(11)13/h3-6H,13H2,1-2H3. The van der Waals surface area contributed by atoms with Crippen LogP contribution in [0.25, 0.3) is 5.69 Å². The fraction of sp³-hybridized carbons (Fsp3) is 0.182. The number of rotatable bonds is 1. The van der Waals surface area contributed by atoms with Crippen LogP contribution in [0, 0.1) is 19.7 Å². The second kappa shape index (κ2) is 3.38. The highest BCUT2D eigenvalue weighted by atomic mass is 19.1. The third-order valence-corrected chi connectivity index (χ3v) is 2.23. The second-order valence-corrected chi connectivity index (χ2v) is 3.54. The number of hydrogen-bond donors (Lipinski definition) is 1. The maximum atomic E-state index is 12.9. The van der Waals surface area contributed by atoms with E-state index in [1.807, 2.05) is 19.9 Å². The van der Waals surface area contributed by atoms with E-state index in [9.17, 15) is 4.39 Å². The second-order valence-electron chi connectivity index (χ2n) is 3.54. The lowest BCUT2D eigenvalue weighted by atomic mass is 10.2. The average molecular weight is 205 g/mol. The van der Waals surface area contributed by atoms with Gasteiger partial charge in [0.2, 0.25) is 0 Å². The summed E-state index contributed by atoms with van der Waals surface area (Å²) in [7, 11) is 0. The van der Waals surface area contributed by atoms with Crippen LogP contribution < -0.4 is 5.73 Å². The van der Waals surface area contributed by atoms with Gasteiger partial charge >= 0.3 is 0 Å². The van der Waals surface area contributed by atoms with Crippen LogP contribution in [0.3, 0.4) is 0 Å². The van der Waals surface area contributed by atoms with Crippen LogP contribution in [0.15, 0.2) is 24.3 Å². The third kappa shape index (κ3) is 1.70. The first kappa shape index (κ1) is 9.71. The van der Waals surface area contributed by atoms with E-state index in [-0.39, 0.29) is 5.82 Å². The molecule has 0 amide bonds. The number of nitrogens with zero attached hydrogens (tertiary/aromatic N) is 2. The van der Waals surface area contributed by atoms with Crippen molar-refractivity contribution < 1.29 is 4.39 Å². The minimum absolute atomic E-state index is 0.335. The molecule has 2 aromatic rings. The normalized spacial score (nSPS) is 10.6. The molecule has 0 spiro atoms. The Morgan fingerprint density at radius 3 is 2.53 bits per heavy atom. The summed E-state index contributed by atoms with van der Waals surface area (Å²) in [4.78, 5) is 0. The number of nitrogen functional groups attached to an aromatic ring is 1. The predicted octanol–water partition coefficient (Wildman–Crippen LogP) is 2.21. The Kier molecular flexibility index (Phi) is 2.19. The van der Waals surface area contributed by atoms with Crippen molar-refractivity contribution in [1.29, 1.82) is 0 Å². The van der Waals surface area contributed by atoms with Crippen LogP contribution in [0.2, 0.25) is 0 Å². The maximum Gasteiger partial charge on any atom is 0.125 e. The fourth-order valence-corrected chi connectivity index (χ4v) is 1.59. The van der Waals surface area contributed by atoms with Gasteiger partial charge < -0.3 is 5.73 Å². The Hall–Kier alpha value is -1.84. The molecule has 1 heterocycles. The topological polar surface area (TPSA) is 43.8 Å². The lowest BCUT2D eigenvalue weighted by Crippen LogP contribution is -2.03. The van der Waals surface area contributed by atoms with Crippen molar-refractivity contribution in [2.45, 2.75) is 13.8 Å². The summed E-state index contributed by atoms with van der Waals surface area (Å²) in [5, 5.41) is 4.29. The SMILES string of the molecule is Cc1cc(C)n(-c2ccc(F)cc2N)n1. The molecule has 4 heteroatoms. The molecule has 1 aromatic carbocycles. The predicted molar refractivity (Wildman–Crippen MR) is 57.4 cm³/mol. The van der Waals surface area contributed by atoms with Gasteiger partial charge in [0.15, 0.2) is 0 Å². The Morgan fingerprint density at radius 1 is 1.27 bits per heavy atom. The number of aryl methyl sites for hydroxylation is 2. The van der Waals surface area contributed by atoms with Crippen molar-refractivity contribution in [2.75, 3.05) is 5.73 Å². The highest BCUT2D eigenvalue weighted by Gasteiger charge is 2.07. The Morgan fingerprint density at radius 2 is 2.00 bits per heavy atom. The molecule has 0 saturated heterocycles. The Balaban J connectivity index is 2.59. The van der Waals surface area contributed by atoms with Crippen LogP contribution in [0.5, 0.6) is 0 Å². The summed E-state index contributed by atoms with van der Waals surface area (Å²) >= 11 is 0. The molecular formula is C11H12FN3. The van der Waals surface area contributed by atoms with E-state index in [1.54, 1.807) is 10.7 Å². The molecule has 0 bridgehead atoms. The summed E-state index contributed by atoms with van der Waals surface area (Å²) in [6.45, 7) is 3.84. The van der Waals surface area contributed by atoms with Crippen LogP contribution in [-0.4, -0.2) is 9.78 Å². The van der Waals surface area contributed by atoms with E-state index >= 15 is 0 Å². The summed E-state index contributed by atoms with van der Waals surface area (Å²) in [5.74, 6) is -0.335. The molecule has 0 radical (unpaired) electrons. The van der Waals surface area contributed by atoms with E-state index in [0.717, 1.165) is 11.4 Å². The Bertz CT molecular complexity index is 503. The van der Waals surface area contributed by atoms with E-state index in [1.165, 1.54) is 12.1 Å². The molecule has 2 N–H and O–H groups in total. The Labute approximate surface area is 87.3 Å². The molecule has 78 valence electrons. The molecule has 0 fully saturated rings. The summed E-state index contributed by atoms with van der Waals surface area (Å²) in [5.41, 5.74) is 8.72. The van der Waals surface area contributed by atoms with Crippen molar-refractivity contribution in [1.82, 2.24) is 9.78 Å². The van der Waals surface area contributed by atoms with Gasteiger partial charge in [-0.25, -0.2) is 9.07 Å². The lowest BCUT2D eigenvalue weighted by molar-refractivity contribution is 0.627. The van der Waals surface area contributed by atoms with Crippen molar-refractivity contribution in [3.05, 3.63) is 41.5 Å². The van der Waals surface area contributed by atoms with Crippen LogP contribution >= 0.6 is 0 Å². The van der Waals surface area contributed by atoms with Gasteiger partial charge in [0.25, 0.3) is 0 Å². The lowest BCUT2D eigenvalue weighted by Gasteiger charge is -2.07. The van der Waals surface area contributed by atoms with Gasteiger partial charge in [-0.05, 0) is 38.1 Å². The molecule has 1 aromatic heterocycles. The number of halogens is 1. The number of anilines is 1. The maximum absolute atomic E-state index is 12.9. The van der Waals surface area contributed by atoms with Crippen LogP contribution in [-0.2, 0) is 0 Å². The molecule has 0 aliphatic rings. The third-order valence-electron chi connectivity index (χ3n) is 2.23. The van der Waals surface area contributed by atoms with Crippen molar-refractivity contribution >= 4 is 5.69 Å². The molecule has 3 nitrogen and oxygen atoms in total. The molecular weight excluding hydrogens is 193 g/mol. The zero-order chi connectivity index (χ0) is 11.0. The zero-order valence-electron chi connectivity index (χ0n) is 8.66. The van der Waals surface area contributed by atoms with Crippen molar-refractivity contribution in [2.24, 2.45) is 0 Å². The average Bonchev–Trinajstić information content (AvgIpc) is 2.45. The molecule has 0 aliphatic heterocycles. The molecule has 0 aliphatic carbocycles. The van der Waals surface area contributed by atoms with E-state index in [0.29, 0.717) is 11.4 Å². The van der Waals surface area contributed by atoms with E-state index < -0.39 is 0 Å². The van der Waals surface area contributed by atoms with Gasteiger partial charge in [0.1, 0.15) is 5.82 Å². The fourth-order valence-electron chi connectivity index (χ4n) is 1.59. The molecule has 2 rings (SSSR count). The zero-order valence-corrected chi connectivity index (χ0v) is 8.66. The summed E-state index contributed by atoms with van der Waals surface area (Å²) < 4.78 is 14.6. The molecule has 15 heavy (non-hydrogen) atoms. The van der Waals surface area contributed by atoms with Crippen molar-refractivity contribution in [3.63, 3.8) is 0 Å². The number of benzene rings is 1. The van der Waals surface area contributed by atoms with Crippen LogP contribution in [0.4, 0.5) is 10.1 Å². The van der Waals surface area contributed by atoms with Gasteiger partial charge in [0, 0.05) is 5.69 Å². The monoisotopic (exact) mass is 205 g/mol. The first-order valence-corrected chi connectivity index (χ1v) is 4.66. The van der Waals surface area contributed by atoms with Gasteiger partial charge in [-0.2, -0.15) is 5.10 Å². The van der Waals surface area contributed by atoms with Crippen molar-refractivity contribution in [3.8, 4) is 5.69 Å². The number of nitrogens with two attached hydrogens (primary N) is 1. The molecule has 0 unspecified atom stereocenters. The van der Waals surface area contributed by atoms with Gasteiger partial charge in [-0.3, -0.25) is 0 Å². The van der Waals surface area contributed by atoms with E-state index in [4.69, 9.17) is 5.73 Å². The van der Waals surface area contributed by atoms with Gasteiger partial charge in [0.05, 0.1) is 17.1 Å². The smallest absolute Gasteiger partial charge is 0.125 e. The molecule has 0 atom stereocenters. The number of aromatic nitrogens is 2. The van der Waals surface area contributed by atoms with E-state index in [2.05, 4.69) is 5.10 Å². The first-order valence-electron chi connectivity index (χ1n) is 4.66. The minimum Gasteiger partial charge on any atom is -0.397 e. The van der Waals surface area contributed by atoms with Gasteiger partial charge in [-0.15, -0.1) is 0 Å². The van der Waals surface area contributed by atoms with Crippen LogP contribution in [0.1, 0.15) is 11.4 Å². The summed E-state index contributed by atoms with van der Waals surface area (Å²) in [6.07, 6.45) is 0. The molecule has 0 saturated carbocycles. The largest absolute Gasteiger partial charge is 0.397 e. The highest BCUT2D eigenvalue weighted by Crippen LogP contribution is 2.19. The minimum atomic E-state index is -0.335. The quantitative estimate of drug-likeness (QED) is 0.725. The number of hydrogen-bond acceptors (Lipinski definition) is 2. The van der Waals surface area contributed by atoms with Gasteiger partial charge in [-0.1, -0.05) is 0 Å². The first-order chi connectivity index (χ1) is 7.08. The highest BCUT2D eigenvalue weighted by molar-refractivity contribution is 5.57. The summed E-state index contributed by atoms with van der Waals surface area (Å²) in [6, 6.07) is 6.25.